The number of hydrogen-bond acceptors (Lipinski definition) is 6. The Hall–Kier alpha value is -2.93. The first-order valence-electron chi connectivity index (χ1n) is 8.40. The summed E-state index contributed by atoms with van der Waals surface area (Å²) in [5.41, 5.74) is 14.9. The van der Waals surface area contributed by atoms with Gasteiger partial charge >= 0.3 is 0 Å². The van der Waals surface area contributed by atoms with Crippen LogP contribution in [0.4, 0.5) is 11.8 Å². The van der Waals surface area contributed by atoms with Gasteiger partial charge in [-0.3, -0.25) is 0 Å². The van der Waals surface area contributed by atoms with E-state index in [1.807, 2.05) is 35.1 Å². The van der Waals surface area contributed by atoms with Crippen LogP contribution < -0.4 is 16.8 Å². The lowest BCUT2D eigenvalue weighted by Crippen LogP contribution is -2.35. The summed E-state index contributed by atoms with van der Waals surface area (Å²) in [5, 5.41) is 7.60. The Morgan fingerprint density at radius 3 is 2.80 bits per heavy atom. The molecule has 2 aromatic heterocycles. The van der Waals surface area contributed by atoms with Crippen LogP contribution in [-0.2, 0) is 6.54 Å². The number of nitrogens with one attached hydrogen (secondary N) is 1. The van der Waals surface area contributed by atoms with Crippen molar-refractivity contribution >= 4 is 11.8 Å². The number of nitrogen functional groups attached to an aromatic ring is 1. The smallest absolute Gasteiger partial charge is 0.222 e. The van der Waals surface area contributed by atoms with Crippen molar-refractivity contribution in [2.75, 3.05) is 11.1 Å². The summed E-state index contributed by atoms with van der Waals surface area (Å²) >= 11 is 0. The molecular formula is C18H21N7. The predicted octanol–water partition coefficient (Wildman–Crippen LogP) is 2.06. The van der Waals surface area contributed by atoms with Gasteiger partial charge in [0.1, 0.15) is 5.82 Å². The van der Waals surface area contributed by atoms with E-state index in [4.69, 9.17) is 11.5 Å². The highest BCUT2D eigenvalue weighted by Crippen LogP contribution is 2.35. The fourth-order valence-electron chi connectivity index (χ4n) is 3.11. The molecule has 0 saturated heterocycles. The minimum atomic E-state index is 0.280. The zero-order chi connectivity index (χ0) is 17.2. The summed E-state index contributed by atoms with van der Waals surface area (Å²) in [4.78, 5) is 8.64. The second-order valence-corrected chi connectivity index (χ2v) is 6.44. The number of aromatic nitrogens is 4. The van der Waals surface area contributed by atoms with Gasteiger partial charge in [0.15, 0.2) is 0 Å². The average Bonchev–Trinajstić information content (AvgIpc) is 3.12. The third kappa shape index (κ3) is 3.46. The van der Waals surface area contributed by atoms with Crippen LogP contribution in [0.1, 0.15) is 30.0 Å². The van der Waals surface area contributed by atoms with Gasteiger partial charge in [0.25, 0.3) is 0 Å². The number of anilines is 2. The van der Waals surface area contributed by atoms with Crippen molar-refractivity contribution in [3.05, 3.63) is 60.0 Å². The Kier molecular flexibility index (Phi) is 4.07. The first-order chi connectivity index (χ1) is 12.2. The fourth-order valence-corrected chi connectivity index (χ4v) is 3.11. The van der Waals surface area contributed by atoms with Crippen LogP contribution in [0.15, 0.2) is 48.8 Å². The molecular weight excluding hydrogens is 314 g/mol. The van der Waals surface area contributed by atoms with Gasteiger partial charge in [0, 0.05) is 37.0 Å². The van der Waals surface area contributed by atoms with Gasteiger partial charge in [0.2, 0.25) is 5.95 Å². The molecule has 7 nitrogen and oxygen atoms in total. The van der Waals surface area contributed by atoms with Gasteiger partial charge in [-0.05, 0) is 36.6 Å². The molecule has 3 aromatic rings. The lowest BCUT2D eigenvalue weighted by Gasteiger charge is -2.32. The van der Waals surface area contributed by atoms with E-state index in [0.717, 1.165) is 35.6 Å². The zero-order valence-electron chi connectivity index (χ0n) is 13.8. The molecule has 0 radical (unpaired) electrons. The van der Waals surface area contributed by atoms with Gasteiger partial charge in [-0.2, -0.15) is 10.1 Å². The monoisotopic (exact) mass is 335 g/mol. The van der Waals surface area contributed by atoms with E-state index in [-0.39, 0.29) is 6.04 Å². The van der Waals surface area contributed by atoms with Crippen molar-refractivity contribution in [3.63, 3.8) is 0 Å². The molecule has 0 bridgehead atoms. The van der Waals surface area contributed by atoms with Crippen molar-refractivity contribution in [1.29, 1.82) is 0 Å². The summed E-state index contributed by atoms with van der Waals surface area (Å²) in [5.74, 6) is 1.43. The lowest BCUT2D eigenvalue weighted by molar-refractivity contribution is 0.345. The van der Waals surface area contributed by atoms with Crippen LogP contribution in [0.5, 0.6) is 0 Å². The Morgan fingerprint density at radius 1 is 1.16 bits per heavy atom. The van der Waals surface area contributed by atoms with E-state index in [1.54, 1.807) is 6.20 Å². The average molecular weight is 335 g/mol. The Bertz CT molecular complexity index is 854. The van der Waals surface area contributed by atoms with Gasteiger partial charge in [-0.1, -0.05) is 12.1 Å². The Morgan fingerprint density at radius 2 is 2.04 bits per heavy atom. The SMILES string of the molecule is Nc1nc(NCc2cccc(-n3cccn3)c2)cc(C2CC(N)C2)n1. The van der Waals surface area contributed by atoms with Gasteiger partial charge in [-0.25, -0.2) is 9.67 Å². The lowest BCUT2D eigenvalue weighted by atomic mass is 9.78. The van der Waals surface area contributed by atoms with E-state index < -0.39 is 0 Å². The van der Waals surface area contributed by atoms with Crippen LogP contribution >= 0.6 is 0 Å². The zero-order valence-corrected chi connectivity index (χ0v) is 13.8. The van der Waals surface area contributed by atoms with E-state index in [1.165, 1.54) is 0 Å². The summed E-state index contributed by atoms with van der Waals surface area (Å²) in [6.45, 7) is 0.648. The highest BCUT2D eigenvalue weighted by atomic mass is 15.3. The summed E-state index contributed by atoms with van der Waals surface area (Å²) < 4.78 is 1.84. The van der Waals surface area contributed by atoms with Gasteiger partial charge in [-0.15, -0.1) is 0 Å². The van der Waals surface area contributed by atoms with Crippen LogP contribution in [-0.4, -0.2) is 25.8 Å². The molecule has 1 aliphatic rings. The van der Waals surface area contributed by atoms with Crippen LogP contribution in [0.3, 0.4) is 0 Å². The van der Waals surface area contributed by atoms with Crippen molar-refractivity contribution in [1.82, 2.24) is 19.7 Å². The molecule has 0 spiro atoms. The number of benzene rings is 1. The minimum Gasteiger partial charge on any atom is -0.368 e. The van der Waals surface area contributed by atoms with E-state index >= 15 is 0 Å². The molecule has 25 heavy (non-hydrogen) atoms. The number of rotatable bonds is 5. The molecule has 0 aliphatic heterocycles. The third-order valence-electron chi connectivity index (χ3n) is 4.51. The highest BCUT2D eigenvalue weighted by molar-refractivity contribution is 5.43. The van der Waals surface area contributed by atoms with Crippen LogP contribution in [0.2, 0.25) is 0 Å². The molecule has 4 rings (SSSR count). The molecule has 1 fully saturated rings. The minimum absolute atomic E-state index is 0.280. The maximum absolute atomic E-state index is 5.87. The van der Waals surface area contributed by atoms with E-state index in [2.05, 4.69) is 32.5 Å². The molecule has 2 heterocycles. The third-order valence-corrected chi connectivity index (χ3v) is 4.51. The fraction of sp³-hybridized carbons (Fsp3) is 0.278. The maximum Gasteiger partial charge on any atom is 0.222 e. The van der Waals surface area contributed by atoms with Gasteiger partial charge < -0.3 is 16.8 Å². The van der Waals surface area contributed by atoms with Crippen molar-refractivity contribution in [2.24, 2.45) is 5.73 Å². The molecule has 7 heteroatoms. The highest BCUT2D eigenvalue weighted by Gasteiger charge is 2.29. The molecule has 0 atom stereocenters. The Labute approximate surface area is 146 Å². The molecule has 0 unspecified atom stereocenters. The largest absolute Gasteiger partial charge is 0.368 e. The first kappa shape index (κ1) is 15.6. The molecule has 0 amide bonds. The normalized spacial score (nSPS) is 19.4. The van der Waals surface area contributed by atoms with Crippen molar-refractivity contribution in [3.8, 4) is 5.69 Å². The Balaban J connectivity index is 1.47. The summed E-state index contributed by atoms with van der Waals surface area (Å²) in [6, 6.07) is 12.4. The molecule has 1 saturated carbocycles. The summed E-state index contributed by atoms with van der Waals surface area (Å²) in [6.07, 6.45) is 5.61. The number of nitrogens with zero attached hydrogens (tertiary/aromatic N) is 4. The second kappa shape index (κ2) is 6.52. The number of nitrogens with two attached hydrogens (primary N) is 2. The molecule has 1 aromatic carbocycles. The first-order valence-corrected chi connectivity index (χ1v) is 8.40. The molecule has 1 aliphatic carbocycles. The number of hydrogen-bond donors (Lipinski definition) is 3. The maximum atomic E-state index is 5.87. The van der Waals surface area contributed by atoms with Crippen molar-refractivity contribution in [2.45, 2.75) is 31.3 Å². The van der Waals surface area contributed by atoms with E-state index in [0.29, 0.717) is 18.4 Å². The molecule has 128 valence electrons. The molecule has 5 N–H and O–H groups in total. The van der Waals surface area contributed by atoms with E-state index in [9.17, 15) is 0 Å². The van der Waals surface area contributed by atoms with Crippen LogP contribution in [0, 0.1) is 0 Å². The topological polar surface area (TPSA) is 108 Å². The van der Waals surface area contributed by atoms with Crippen molar-refractivity contribution < 1.29 is 0 Å². The summed E-state index contributed by atoms with van der Waals surface area (Å²) in [7, 11) is 0. The van der Waals surface area contributed by atoms with Crippen LogP contribution in [0.25, 0.3) is 5.69 Å². The quantitative estimate of drug-likeness (QED) is 0.659. The standard InChI is InChI=1S/C18H21N7/c19-14-8-13(9-14)16-10-17(24-18(20)23-16)21-11-12-3-1-4-15(7-12)25-6-2-5-22-25/h1-7,10,13-14H,8-9,11,19H2,(H3,20,21,23,24). The van der Waals surface area contributed by atoms with Gasteiger partial charge in [0.05, 0.1) is 11.4 Å². The second-order valence-electron chi connectivity index (χ2n) is 6.44. The predicted molar refractivity (Wildman–Crippen MR) is 97.3 cm³/mol.